The van der Waals surface area contributed by atoms with E-state index < -0.39 is 0 Å². The number of nitrogens with zero attached hydrogens (tertiary/aromatic N) is 7. The molecule has 12 nitrogen and oxygen atoms in total. The molecule has 0 aliphatic rings. The predicted octanol–water partition coefficient (Wildman–Crippen LogP) is 1.30. The van der Waals surface area contributed by atoms with E-state index in [1.807, 2.05) is 19.9 Å². The molecule has 4 aromatic rings. The molecule has 0 saturated carbocycles. The Balaban J connectivity index is 1.59. The summed E-state index contributed by atoms with van der Waals surface area (Å²) in [6.45, 7) is 4.48. The Hall–Kier alpha value is -3.96. The molecule has 4 N–H and O–H groups in total. The molecule has 0 bridgehead atoms. The molecule has 144 valence electrons. The van der Waals surface area contributed by atoms with E-state index in [4.69, 9.17) is 10.2 Å². The first-order valence-electron chi connectivity index (χ1n) is 8.51. The standard InChI is InChI=1S/C16H18N10O2/c1-3-26-11(4-9(2)24-26)21-12(27)5-25-7-18-13-14(20-10-6-28-8-19-10)22-16(17)23-15(13)25/h4,6-8H,3,5H2,1-2H3,(H,21,27)(H3,17,20,22,23). The smallest absolute Gasteiger partial charge is 0.245 e. The van der Waals surface area contributed by atoms with Crippen molar-refractivity contribution in [3.63, 3.8) is 0 Å². The lowest BCUT2D eigenvalue weighted by Gasteiger charge is -2.08. The fourth-order valence-electron chi connectivity index (χ4n) is 2.78. The van der Waals surface area contributed by atoms with Crippen molar-refractivity contribution in [2.24, 2.45) is 0 Å². The van der Waals surface area contributed by atoms with Crippen LogP contribution in [0.15, 0.2) is 29.5 Å². The average molecular weight is 382 g/mol. The summed E-state index contributed by atoms with van der Waals surface area (Å²) in [5, 5.41) is 10.1. The summed E-state index contributed by atoms with van der Waals surface area (Å²) in [6.07, 6.45) is 4.22. The number of nitrogen functional groups attached to an aromatic ring is 1. The monoisotopic (exact) mass is 382 g/mol. The number of carbonyl (C=O) groups is 1. The van der Waals surface area contributed by atoms with Gasteiger partial charge in [0.05, 0.1) is 12.0 Å². The van der Waals surface area contributed by atoms with Gasteiger partial charge in [-0.3, -0.25) is 4.79 Å². The van der Waals surface area contributed by atoms with Crippen LogP contribution in [0.2, 0.25) is 0 Å². The molecule has 4 rings (SSSR count). The number of nitrogens with one attached hydrogen (secondary N) is 2. The zero-order chi connectivity index (χ0) is 19.7. The molecule has 0 aliphatic carbocycles. The molecule has 0 aliphatic heterocycles. The summed E-state index contributed by atoms with van der Waals surface area (Å²) in [5.74, 6) is 1.26. The average Bonchev–Trinajstić information content (AvgIpc) is 3.36. The van der Waals surface area contributed by atoms with E-state index in [1.165, 1.54) is 19.0 Å². The quantitative estimate of drug-likeness (QED) is 0.447. The van der Waals surface area contributed by atoms with Crippen molar-refractivity contribution >= 4 is 40.5 Å². The van der Waals surface area contributed by atoms with E-state index in [1.54, 1.807) is 9.25 Å². The molecule has 0 unspecified atom stereocenters. The molecule has 4 aromatic heterocycles. The van der Waals surface area contributed by atoms with Gasteiger partial charge in [-0.1, -0.05) is 0 Å². The first kappa shape index (κ1) is 17.5. The fourth-order valence-corrected chi connectivity index (χ4v) is 2.78. The van der Waals surface area contributed by atoms with Gasteiger partial charge in [0.15, 0.2) is 29.2 Å². The van der Waals surface area contributed by atoms with E-state index in [0.29, 0.717) is 35.2 Å². The molecular weight excluding hydrogens is 364 g/mol. The SMILES string of the molecule is CCn1nc(C)cc1NC(=O)Cn1cnc2c(Nc3cocn3)nc(N)nc21. The lowest BCUT2D eigenvalue weighted by Crippen LogP contribution is -2.20. The van der Waals surface area contributed by atoms with Crippen molar-refractivity contribution in [1.29, 1.82) is 0 Å². The van der Waals surface area contributed by atoms with Crippen LogP contribution < -0.4 is 16.4 Å². The van der Waals surface area contributed by atoms with Gasteiger partial charge in [-0.2, -0.15) is 20.1 Å². The zero-order valence-corrected chi connectivity index (χ0v) is 15.2. The topological polar surface area (TPSA) is 155 Å². The molecule has 0 fully saturated rings. The largest absolute Gasteiger partial charge is 0.449 e. The van der Waals surface area contributed by atoms with E-state index in [-0.39, 0.29) is 18.4 Å². The second-order valence-corrected chi connectivity index (χ2v) is 6.01. The van der Waals surface area contributed by atoms with Crippen molar-refractivity contribution in [2.45, 2.75) is 26.9 Å². The van der Waals surface area contributed by atoms with Gasteiger partial charge >= 0.3 is 0 Å². The van der Waals surface area contributed by atoms with Crippen molar-refractivity contribution < 1.29 is 9.21 Å². The maximum absolute atomic E-state index is 12.5. The van der Waals surface area contributed by atoms with E-state index in [0.717, 1.165) is 5.69 Å². The summed E-state index contributed by atoms with van der Waals surface area (Å²) >= 11 is 0. The van der Waals surface area contributed by atoms with Gasteiger partial charge in [0, 0.05) is 12.6 Å². The minimum atomic E-state index is -0.239. The van der Waals surface area contributed by atoms with Crippen molar-refractivity contribution in [2.75, 3.05) is 16.4 Å². The first-order valence-corrected chi connectivity index (χ1v) is 8.51. The molecule has 1 amide bonds. The number of amides is 1. The molecule has 0 aromatic carbocycles. The van der Waals surface area contributed by atoms with Gasteiger partial charge in [0.25, 0.3) is 0 Å². The number of anilines is 4. The Morgan fingerprint density at radius 2 is 2.18 bits per heavy atom. The van der Waals surface area contributed by atoms with E-state index in [9.17, 15) is 4.79 Å². The third-order valence-corrected chi connectivity index (χ3v) is 3.94. The Kier molecular flexibility index (Phi) is 4.35. The van der Waals surface area contributed by atoms with Crippen LogP contribution >= 0.6 is 0 Å². The lowest BCUT2D eigenvalue weighted by atomic mass is 10.4. The molecule has 12 heteroatoms. The van der Waals surface area contributed by atoms with Crippen LogP contribution in [-0.4, -0.2) is 40.2 Å². The molecule has 0 atom stereocenters. The summed E-state index contributed by atoms with van der Waals surface area (Å²) in [5.41, 5.74) is 7.53. The second kappa shape index (κ2) is 6.98. The molecule has 0 saturated heterocycles. The van der Waals surface area contributed by atoms with E-state index in [2.05, 4.69) is 35.7 Å². The highest BCUT2D eigenvalue weighted by molar-refractivity contribution is 5.92. The number of fused-ring (bicyclic) bond motifs is 1. The highest BCUT2D eigenvalue weighted by Crippen LogP contribution is 2.23. The third kappa shape index (κ3) is 3.34. The number of oxazole rings is 1. The zero-order valence-electron chi connectivity index (χ0n) is 15.2. The van der Waals surface area contributed by atoms with Gasteiger partial charge in [-0.25, -0.2) is 9.67 Å². The van der Waals surface area contributed by atoms with Gasteiger partial charge in [-0.05, 0) is 13.8 Å². The molecule has 28 heavy (non-hydrogen) atoms. The van der Waals surface area contributed by atoms with Gasteiger partial charge < -0.3 is 25.4 Å². The highest BCUT2D eigenvalue weighted by atomic mass is 16.3. The second-order valence-electron chi connectivity index (χ2n) is 6.01. The molecule has 0 radical (unpaired) electrons. The Morgan fingerprint density at radius 3 is 2.93 bits per heavy atom. The van der Waals surface area contributed by atoms with Crippen LogP contribution in [-0.2, 0) is 17.9 Å². The molecule has 0 spiro atoms. The van der Waals surface area contributed by atoms with Crippen molar-refractivity contribution in [3.05, 3.63) is 30.7 Å². The maximum atomic E-state index is 12.5. The number of imidazole rings is 1. The van der Waals surface area contributed by atoms with E-state index >= 15 is 0 Å². The Labute approximate surface area is 158 Å². The number of rotatable bonds is 6. The molecular formula is C16H18N10O2. The number of carbonyl (C=O) groups excluding carboxylic acids is 1. The number of hydrogen-bond acceptors (Lipinski definition) is 9. The van der Waals surface area contributed by atoms with Crippen LogP contribution in [0, 0.1) is 6.92 Å². The molecule has 4 heterocycles. The number of hydrogen-bond donors (Lipinski definition) is 3. The van der Waals surface area contributed by atoms with Crippen LogP contribution in [0.1, 0.15) is 12.6 Å². The fraction of sp³-hybridized carbons (Fsp3) is 0.250. The van der Waals surface area contributed by atoms with Crippen LogP contribution in [0.5, 0.6) is 0 Å². The lowest BCUT2D eigenvalue weighted by molar-refractivity contribution is -0.116. The number of aryl methyl sites for hydroxylation is 2. The first-order chi connectivity index (χ1) is 13.5. The van der Waals surface area contributed by atoms with Crippen molar-refractivity contribution in [1.82, 2.24) is 34.3 Å². The summed E-state index contributed by atoms with van der Waals surface area (Å²) in [4.78, 5) is 29.2. The van der Waals surface area contributed by atoms with Gasteiger partial charge in [0.2, 0.25) is 11.9 Å². The van der Waals surface area contributed by atoms with Crippen LogP contribution in [0.25, 0.3) is 11.2 Å². The summed E-state index contributed by atoms with van der Waals surface area (Å²) in [6, 6.07) is 1.81. The predicted molar refractivity (Wildman–Crippen MR) is 101 cm³/mol. The maximum Gasteiger partial charge on any atom is 0.245 e. The van der Waals surface area contributed by atoms with Gasteiger partial charge in [0.1, 0.15) is 18.6 Å². The number of nitrogens with two attached hydrogens (primary N) is 1. The van der Waals surface area contributed by atoms with Crippen LogP contribution in [0.4, 0.5) is 23.4 Å². The Morgan fingerprint density at radius 1 is 1.32 bits per heavy atom. The minimum Gasteiger partial charge on any atom is -0.449 e. The summed E-state index contributed by atoms with van der Waals surface area (Å²) < 4.78 is 8.25. The normalized spacial score (nSPS) is 11.1. The van der Waals surface area contributed by atoms with Gasteiger partial charge in [-0.15, -0.1) is 0 Å². The minimum absolute atomic E-state index is 0.00426. The number of aromatic nitrogens is 7. The third-order valence-electron chi connectivity index (χ3n) is 3.94. The van der Waals surface area contributed by atoms with Crippen molar-refractivity contribution in [3.8, 4) is 0 Å². The van der Waals surface area contributed by atoms with Crippen LogP contribution in [0.3, 0.4) is 0 Å². The highest BCUT2D eigenvalue weighted by Gasteiger charge is 2.16. The Bertz CT molecular complexity index is 1130. The summed E-state index contributed by atoms with van der Waals surface area (Å²) in [7, 11) is 0.